The Morgan fingerprint density at radius 2 is 2.28 bits per heavy atom. The summed E-state index contributed by atoms with van der Waals surface area (Å²) in [7, 11) is 1.81. The fourth-order valence-electron chi connectivity index (χ4n) is 2.22. The molecule has 1 heterocycles. The van der Waals surface area contributed by atoms with Crippen LogP contribution < -0.4 is 5.32 Å². The van der Waals surface area contributed by atoms with Gasteiger partial charge in [0.15, 0.2) is 0 Å². The Morgan fingerprint density at radius 3 is 2.83 bits per heavy atom. The predicted molar refractivity (Wildman–Crippen MR) is 71.7 cm³/mol. The molecule has 1 aromatic carbocycles. The van der Waals surface area contributed by atoms with Gasteiger partial charge in [0.1, 0.15) is 5.82 Å². The van der Waals surface area contributed by atoms with E-state index in [1.165, 1.54) is 12.1 Å². The zero-order valence-electron chi connectivity index (χ0n) is 10.4. The zero-order valence-corrected chi connectivity index (χ0v) is 12.0. The quantitative estimate of drug-likeness (QED) is 0.929. The third-order valence-electron chi connectivity index (χ3n) is 3.31. The van der Waals surface area contributed by atoms with Crippen molar-refractivity contribution < 1.29 is 9.18 Å². The van der Waals surface area contributed by atoms with Crippen LogP contribution in [0, 0.1) is 5.82 Å². The van der Waals surface area contributed by atoms with Crippen LogP contribution in [0.4, 0.5) is 4.39 Å². The Balaban J connectivity index is 2.08. The summed E-state index contributed by atoms with van der Waals surface area (Å²) in [6, 6.07) is 4.47. The van der Waals surface area contributed by atoms with Gasteiger partial charge in [-0.1, -0.05) is 22.0 Å². The zero-order chi connectivity index (χ0) is 13.3. The largest absolute Gasteiger partial charge is 0.344 e. The van der Waals surface area contributed by atoms with Gasteiger partial charge in [0.05, 0.1) is 6.04 Å². The Labute approximate surface area is 114 Å². The molecular weight excluding hydrogens is 299 g/mol. The molecule has 5 heteroatoms. The highest BCUT2D eigenvalue weighted by atomic mass is 79.9. The number of nitrogens with zero attached hydrogens (tertiary/aromatic N) is 1. The molecule has 2 unspecified atom stereocenters. The number of likely N-dealkylation sites (tertiary alicyclic amines) is 1. The van der Waals surface area contributed by atoms with E-state index in [0.717, 1.165) is 23.0 Å². The number of hydrogen-bond donors (Lipinski definition) is 1. The number of hydrogen-bond acceptors (Lipinski definition) is 2. The first-order chi connectivity index (χ1) is 8.49. The topological polar surface area (TPSA) is 32.3 Å². The van der Waals surface area contributed by atoms with E-state index in [-0.39, 0.29) is 23.8 Å². The summed E-state index contributed by atoms with van der Waals surface area (Å²) >= 11 is 3.35. The molecule has 0 radical (unpaired) electrons. The molecule has 3 nitrogen and oxygen atoms in total. The van der Waals surface area contributed by atoms with Crippen molar-refractivity contribution in [2.45, 2.75) is 25.4 Å². The Kier molecular flexibility index (Phi) is 4.02. The van der Waals surface area contributed by atoms with Crippen LogP contribution in [0.5, 0.6) is 0 Å². The first-order valence-electron chi connectivity index (χ1n) is 5.95. The standard InChI is InChI=1S/C13H16BrFN2O/c1-8(10-4-3-9(15)7-11(10)14)16-12-5-6-17(2)13(12)18/h3-4,7-8,12,16H,5-6H2,1-2H3. The molecule has 0 aromatic heterocycles. The lowest BCUT2D eigenvalue weighted by atomic mass is 10.1. The first-order valence-corrected chi connectivity index (χ1v) is 6.74. The van der Waals surface area contributed by atoms with E-state index >= 15 is 0 Å². The molecule has 0 saturated carbocycles. The molecule has 1 aliphatic heterocycles. The number of carbonyl (C=O) groups is 1. The van der Waals surface area contributed by atoms with E-state index in [9.17, 15) is 9.18 Å². The highest BCUT2D eigenvalue weighted by molar-refractivity contribution is 9.10. The average molecular weight is 315 g/mol. The maximum Gasteiger partial charge on any atom is 0.239 e. The van der Waals surface area contributed by atoms with Gasteiger partial charge in [0.2, 0.25) is 5.91 Å². The third kappa shape index (κ3) is 2.72. The van der Waals surface area contributed by atoms with Gasteiger partial charge in [-0.25, -0.2) is 4.39 Å². The molecule has 2 atom stereocenters. The fourth-order valence-corrected chi connectivity index (χ4v) is 2.92. The van der Waals surface area contributed by atoms with E-state index in [0.29, 0.717) is 0 Å². The third-order valence-corrected chi connectivity index (χ3v) is 3.99. The van der Waals surface area contributed by atoms with Crippen molar-refractivity contribution >= 4 is 21.8 Å². The predicted octanol–water partition coefficient (Wildman–Crippen LogP) is 2.47. The maximum absolute atomic E-state index is 13.0. The van der Waals surface area contributed by atoms with E-state index in [1.54, 1.807) is 11.0 Å². The lowest BCUT2D eigenvalue weighted by molar-refractivity contribution is -0.128. The minimum absolute atomic E-state index is 0.000394. The van der Waals surface area contributed by atoms with Crippen molar-refractivity contribution in [1.82, 2.24) is 10.2 Å². The van der Waals surface area contributed by atoms with Crippen LogP contribution in [-0.4, -0.2) is 30.4 Å². The van der Waals surface area contributed by atoms with Gasteiger partial charge >= 0.3 is 0 Å². The molecule has 1 aromatic rings. The summed E-state index contributed by atoms with van der Waals surface area (Å²) < 4.78 is 13.7. The number of carbonyl (C=O) groups excluding carboxylic acids is 1. The number of likely N-dealkylation sites (N-methyl/N-ethyl adjacent to an activating group) is 1. The normalized spacial score (nSPS) is 21.4. The molecule has 98 valence electrons. The number of benzene rings is 1. The molecule has 1 amide bonds. The summed E-state index contributed by atoms with van der Waals surface area (Å²) in [6.07, 6.45) is 0.818. The van der Waals surface area contributed by atoms with Crippen LogP contribution in [0.3, 0.4) is 0 Å². The van der Waals surface area contributed by atoms with Crippen LogP contribution in [0.1, 0.15) is 24.9 Å². The summed E-state index contributed by atoms with van der Waals surface area (Å²) in [6.45, 7) is 2.76. The second-order valence-electron chi connectivity index (χ2n) is 4.66. The molecule has 1 fully saturated rings. The molecule has 1 aliphatic rings. The molecule has 1 N–H and O–H groups in total. The van der Waals surface area contributed by atoms with Crippen LogP contribution in [-0.2, 0) is 4.79 Å². The fraction of sp³-hybridized carbons (Fsp3) is 0.462. The summed E-state index contributed by atoms with van der Waals surface area (Å²) in [5.41, 5.74) is 0.957. The van der Waals surface area contributed by atoms with Crippen molar-refractivity contribution in [1.29, 1.82) is 0 Å². The Morgan fingerprint density at radius 1 is 1.56 bits per heavy atom. The van der Waals surface area contributed by atoms with Crippen LogP contribution in [0.25, 0.3) is 0 Å². The number of rotatable bonds is 3. The summed E-state index contributed by atoms with van der Waals surface area (Å²) in [5.74, 6) is -0.144. The van der Waals surface area contributed by atoms with E-state index in [1.807, 2.05) is 14.0 Å². The van der Waals surface area contributed by atoms with E-state index in [4.69, 9.17) is 0 Å². The minimum atomic E-state index is -0.269. The Hall–Kier alpha value is -0.940. The lowest BCUT2D eigenvalue weighted by Crippen LogP contribution is -2.38. The molecule has 0 aliphatic carbocycles. The van der Waals surface area contributed by atoms with Crippen molar-refractivity contribution in [3.05, 3.63) is 34.1 Å². The molecule has 1 saturated heterocycles. The van der Waals surface area contributed by atoms with E-state index < -0.39 is 0 Å². The Bertz CT molecular complexity index is 466. The van der Waals surface area contributed by atoms with Gasteiger partial charge in [-0.3, -0.25) is 10.1 Å². The number of halogens is 2. The van der Waals surface area contributed by atoms with Gasteiger partial charge < -0.3 is 4.90 Å². The second-order valence-corrected chi connectivity index (χ2v) is 5.51. The molecule has 18 heavy (non-hydrogen) atoms. The monoisotopic (exact) mass is 314 g/mol. The van der Waals surface area contributed by atoms with E-state index in [2.05, 4.69) is 21.2 Å². The van der Waals surface area contributed by atoms with Crippen molar-refractivity contribution in [2.24, 2.45) is 0 Å². The van der Waals surface area contributed by atoms with Gasteiger partial charge in [-0.2, -0.15) is 0 Å². The van der Waals surface area contributed by atoms with Crippen LogP contribution in [0.2, 0.25) is 0 Å². The SMILES string of the molecule is CC(NC1CCN(C)C1=O)c1ccc(F)cc1Br. The van der Waals surface area contributed by atoms with Gasteiger partial charge in [0, 0.05) is 24.1 Å². The number of nitrogens with one attached hydrogen (secondary N) is 1. The van der Waals surface area contributed by atoms with Gasteiger partial charge in [-0.05, 0) is 31.0 Å². The summed E-state index contributed by atoms with van der Waals surface area (Å²) in [5, 5.41) is 3.29. The van der Waals surface area contributed by atoms with Crippen LogP contribution >= 0.6 is 15.9 Å². The average Bonchev–Trinajstić information content (AvgIpc) is 2.61. The summed E-state index contributed by atoms with van der Waals surface area (Å²) in [4.78, 5) is 13.5. The molecule has 2 rings (SSSR count). The first kappa shape index (κ1) is 13.5. The molecule has 0 spiro atoms. The van der Waals surface area contributed by atoms with Gasteiger partial charge in [0.25, 0.3) is 0 Å². The maximum atomic E-state index is 13.0. The van der Waals surface area contributed by atoms with Crippen molar-refractivity contribution in [3.8, 4) is 0 Å². The lowest BCUT2D eigenvalue weighted by Gasteiger charge is -2.20. The minimum Gasteiger partial charge on any atom is -0.344 e. The highest BCUT2D eigenvalue weighted by Gasteiger charge is 2.30. The smallest absolute Gasteiger partial charge is 0.239 e. The van der Waals surface area contributed by atoms with Crippen LogP contribution in [0.15, 0.2) is 22.7 Å². The highest BCUT2D eigenvalue weighted by Crippen LogP contribution is 2.25. The van der Waals surface area contributed by atoms with Crippen molar-refractivity contribution in [2.75, 3.05) is 13.6 Å². The van der Waals surface area contributed by atoms with Crippen molar-refractivity contribution in [3.63, 3.8) is 0 Å². The molecule has 0 bridgehead atoms. The number of amides is 1. The second kappa shape index (κ2) is 5.36. The van der Waals surface area contributed by atoms with Gasteiger partial charge in [-0.15, -0.1) is 0 Å². The molecular formula is C13H16BrFN2O.